The molecule has 1 aliphatic carbocycles. The van der Waals surface area contributed by atoms with Gasteiger partial charge in [0.25, 0.3) is 5.91 Å². The van der Waals surface area contributed by atoms with Crippen LogP contribution in [-0.2, 0) is 17.9 Å². The number of hydrogen-bond acceptors (Lipinski definition) is 3. The topological polar surface area (TPSA) is 40.6 Å². The predicted octanol–water partition coefficient (Wildman–Crippen LogP) is 6.51. The molecule has 4 rings (SSSR count). The van der Waals surface area contributed by atoms with Gasteiger partial charge in [-0.15, -0.1) is 11.3 Å². The number of carbonyl (C=O) groups excluding carboxylic acids is 2. The van der Waals surface area contributed by atoms with Gasteiger partial charge in [-0.3, -0.25) is 9.59 Å². The van der Waals surface area contributed by atoms with Crippen molar-refractivity contribution in [2.75, 3.05) is 6.54 Å². The van der Waals surface area contributed by atoms with Gasteiger partial charge >= 0.3 is 0 Å². The lowest BCUT2D eigenvalue weighted by molar-refractivity contribution is -0.133. The van der Waals surface area contributed by atoms with Crippen molar-refractivity contribution in [3.63, 3.8) is 0 Å². The molecule has 0 unspecified atom stereocenters. The normalized spacial score (nSPS) is 14.1. The van der Waals surface area contributed by atoms with Gasteiger partial charge in [-0.25, -0.2) is 0 Å². The molecule has 0 saturated heterocycles. The van der Waals surface area contributed by atoms with Crippen LogP contribution in [0.25, 0.3) is 0 Å². The molecule has 0 radical (unpaired) electrons. The molecule has 1 aromatic heterocycles. The van der Waals surface area contributed by atoms with E-state index in [4.69, 9.17) is 0 Å². The Kier molecular flexibility index (Phi) is 8.35. The van der Waals surface area contributed by atoms with E-state index in [-0.39, 0.29) is 24.4 Å². The van der Waals surface area contributed by atoms with Crippen LogP contribution < -0.4 is 0 Å². The van der Waals surface area contributed by atoms with Crippen LogP contribution in [0.2, 0.25) is 0 Å². The second-order valence-corrected chi connectivity index (χ2v) is 10.4. The Morgan fingerprint density at radius 2 is 1.61 bits per heavy atom. The molecule has 172 valence electrons. The first-order valence-electron chi connectivity index (χ1n) is 11.5. The number of thiophene rings is 1. The highest BCUT2D eigenvalue weighted by atomic mass is 79.9. The van der Waals surface area contributed by atoms with Gasteiger partial charge in [-0.2, -0.15) is 0 Å². The average Bonchev–Trinajstić information content (AvgIpc) is 3.36. The van der Waals surface area contributed by atoms with Gasteiger partial charge in [-0.1, -0.05) is 67.8 Å². The van der Waals surface area contributed by atoms with Crippen molar-refractivity contribution in [2.24, 2.45) is 0 Å². The molecule has 1 fully saturated rings. The predicted molar refractivity (Wildman–Crippen MR) is 137 cm³/mol. The van der Waals surface area contributed by atoms with E-state index < -0.39 is 0 Å². The Balaban J connectivity index is 1.58. The number of hydrogen-bond donors (Lipinski definition) is 0. The standard InChI is InChI=1S/C27H29BrN2O2S/c28-25-16-8-7-15-24(25)27(32)30(22-12-5-2-6-13-22)20-26(31)29(19-23-14-9-17-33-23)18-21-10-3-1-4-11-21/h1,3-4,7-11,14-17,22H,2,5-6,12-13,18-20H2. The van der Waals surface area contributed by atoms with Crippen LogP contribution in [0.5, 0.6) is 0 Å². The van der Waals surface area contributed by atoms with E-state index in [0.29, 0.717) is 18.7 Å². The molecule has 0 aliphatic heterocycles. The number of amides is 2. The Morgan fingerprint density at radius 1 is 0.879 bits per heavy atom. The molecule has 0 spiro atoms. The summed E-state index contributed by atoms with van der Waals surface area (Å²) in [6.45, 7) is 1.18. The van der Waals surface area contributed by atoms with Gasteiger partial charge in [-0.05, 0) is 57.9 Å². The molecule has 0 atom stereocenters. The third kappa shape index (κ3) is 6.33. The van der Waals surface area contributed by atoms with E-state index in [0.717, 1.165) is 40.6 Å². The second-order valence-electron chi connectivity index (χ2n) is 8.52. The first kappa shape index (κ1) is 23.7. The van der Waals surface area contributed by atoms with Crippen molar-refractivity contribution >= 4 is 39.1 Å². The summed E-state index contributed by atoms with van der Waals surface area (Å²) < 4.78 is 0.767. The third-order valence-electron chi connectivity index (χ3n) is 6.18. The minimum absolute atomic E-state index is 0.0155. The van der Waals surface area contributed by atoms with Crippen LogP contribution in [0.15, 0.2) is 76.6 Å². The summed E-state index contributed by atoms with van der Waals surface area (Å²) in [6.07, 6.45) is 5.29. The Hall–Kier alpha value is -2.44. The lowest BCUT2D eigenvalue weighted by Crippen LogP contribution is -2.48. The van der Waals surface area contributed by atoms with Crippen molar-refractivity contribution in [1.29, 1.82) is 0 Å². The Bertz CT molecular complexity index is 1050. The molecule has 0 N–H and O–H groups in total. The maximum atomic E-state index is 13.7. The zero-order chi connectivity index (χ0) is 23.0. The average molecular weight is 526 g/mol. The summed E-state index contributed by atoms with van der Waals surface area (Å²) in [5.74, 6) is -0.0864. The van der Waals surface area contributed by atoms with Crippen LogP contribution in [0.4, 0.5) is 0 Å². The number of benzene rings is 2. The fourth-order valence-corrected chi connectivity index (χ4v) is 5.60. The lowest BCUT2D eigenvalue weighted by Gasteiger charge is -2.35. The van der Waals surface area contributed by atoms with E-state index in [2.05, 4.69) is 22.0 Å². The van der Waals surface area contributed by atoms with E-state index in [1.165, 1.54) is 6.42 Å². The summed E-state index contributed by atoms with van der Waals surface area (Å²) >= 11 is 5.18. The Morgan fingerprint density at radius 3 is 2.30 bits per heavy atom. The van der Waals surface area contributed by atoms with Crippen LogP contribution in [0.1, 0.15) is 52.9 Å². The number of carbonyl (C=O) groups is 2. The van der Waals surface area contributed by atoms with E-state index in [1.807, 2.05) is 75.8 Å². The van der Waals surface area contributed by atoms with Gasteiger partial charge in [0.1, 0.15) is 6.54 Å². The molecule has 2 amide bonds. The number of nitrogens with zero attached hydrogens (tertiary/aromatic N) is 2. The first-order chi connectivity index (χ1) is 16.1. The van der Waals surface area contributed by atoms with Crippen molar-refractivity contribution < 1.29 is 9.59 Å². The number of halogens is 1. The van der Waals surface area contributed by atoms with Crippen molar-refractivity contribution in [3.8, 4) is 0 Å². The number of rotatable bonds is 8. The molecule has 4 nitrogen and oxygen atoms in total. The van der Waals surface area contributed by atoms with E-state index in [9.17, 15) is 9.59 Å². The molecular formula is C27H29BrN2O2S. The summed E-state index contributed by atoms with van der Waals surface area (Å²) in [6, 6.07) is 21.7. The molecule has 0 bridgehead atoms. The maximum Gasteiger partial charge on any atom is 0.255 e. The largest absolute Gasteiger partial charge is 0.332 e. The second kappa shape index (κ2) is 11.6. The zero-order valence-corrected chi connectivity index (χ0v) is 21.1. The lowest BCUT2D eigenvalue weighted by atomic mass is 9.93. The van der Waals surface area contributed by atoms with Crippen molar-refractivity contribution in [1.82, 2.24) is 9.80 Å². The zero-order valence-electron chi connectivity index (χ0n) is 18.7. The van der Waals surface area contributed by atoms with E-state index >= 15 is 0 Å². The molecule has 1 heterocycles. The minimum atomic E-state index is -0.0708. The Labute approximate surface area is 208 Å². The fourth-order valence-electron chi connectivity index (χ4n) is 4.42. The first-order valence-corrected chi connectivity index (χ1v) is 13.2. The quantitative estimate of drug-likeness (QED) is 0.336. The van der Waals surface area contributed by atoms with Crippen molar-refractivity contribution in [2.45, 2.75) is 51.2 Å². The van der Waals surface area contributed by atoms with Gasteiger partial charge < -0.3 is 9.80 Å². The van der Waals surface area contributed by atoms with Crippen LogP contribution in [0.3, 0.4) is 0 Å². The highest BCUT2D eigenvalue weighted by molar-refractivity contribution is 9.10. The summed E-state index contributed by atoms with van der Waals surface area (Å²) in [7, 11) is 0. The molecule has 6 heteroatoms. The molecular weight excluding hydrogens is 496 g/mol. The monoisotopic (exact) mass is 524 g/mol. The fraction of sp³-hybridized carbons (Fsp3) is 0.333. The van der Waals surface area contributed by atoms with Crippen LogP contribution in [0, 0.1) is 0 Å². The smallest absolute Gasteiger partial charge is 0.255 e. The van der Waals surface area contributed by atoms with E-state index in [1.54, 1.807) is 11.3 Å². The molecule has 1 saturated carbocycles. The van der Waals surface area contributed by atoms with Crippen LogP contribution in [-0.4, -0.2) is 34.2 Å². The molecule has 1 aliphatic rings. The maximum absolute atomic E-state index is 13.7. The third-order valence-corrected chi connectivity index (χ3v) is 7.73. The molecule has 33 heavy (non-hydrogen) atoms. The van der Waals surface area contributed by atoms with Gasteiger partial charge in [0.2, 0.25) is 5.91 Å². The summed E-state index contributed by atoms with van der Waals surface area (Å²) in [5.41, 5.74) is 1.70. The summed E-state index contributed by atoms with van der Waals surface area (Å²) in [4.78, 5) is 32.1. The SMILES string of the molecule is O=C(CN(C(=O)c1ccccc1Br)C1CCCCC1)N(Cc1ccccc1)Cc1cccs1. The van der Waals surface area contributed by atoms with Gasteiger partial charge in [0.05, 0.1) is 12.1 Å². The summed E-state index contributed by atoms with van der Waals surface area (Å²) in [5, 5.41) is 2.03. The van der Waals surface area contributed by atoms with Crippen LogP contribution >= 0.6 is 27.3 Å². The van der Waals surface area contributed by atoms with Gasteiger partial charge in [0, 0.05) is 21.9 Å². The highest BCUT2D eigenvalue weighted by Crippen LogP contribution is 2.27. The molecule has 2 aromatic carbocycles. The highest BCUT2D eigenvalue weighted by Gasteiger charge is 2.30. The minimum Gasteiger partial charge on any atom is -0.332 e. The van der Waals surface area contributed by atoms with Gasteiger partial charge in [0.15, 0.2) is 0 Å². The van der Waals surface area contributed by atoms with Crippen molar-refractivity contribution in [3.05, 3.63) is 92.6 Å². The molecule has 3 aromatic rings.